The van der Waals surface area contributed by atoms with Crippen LogP contribution in [0.25, 0.3) is 22.2 Å². The van der Waals surface area contributed by atoms with Crippen LogP contribution in [0.5, 0.6) is 0 Å². The first-order chi connectivity index (χ1) is 15.1. The summed E-state index contributed by atoms with van der Waals surface area (Å²) >= 11 is 0. The summed E-state index contributed by atoms with van der Waals surface area (Å²) in [5.41, 5.74) is 5.54. The van der Waals surface area contributed by atoms with Gasteiger partial charge in [-0.2, -0.15) is 0 Å². The summed E-state index contributed by atoms with van der Waals surface area (Å²) in [4.78, 5) is 15.5. The second-order valence-corrected chi connectivity index (χ2v) is 9.21. The average molecular weight is 427 g/mol. The summed E-state index contributed by atoms with van der Waals surface area (Å²) in [7, 11) is 0. The number of pyridine rings is 1. The third-order valence-electron chi connectivity index (χ3n) is 6.37. The summed E-state index contributed by atoms with van der Waals surface area (Å²) in [6.45, 7) is 12.7. The van der Waals surface area contributed by atoms with Crippen molar-refractivity contribution in [3.8, 4) is 0 Å². The number of hydrogen-bond donors (Lipinski definition) is 2. The molecule has 8 nitrogen and oxygen atoms in total. The van der Waals surface area contributed by atoms with Gasteiger partial charge in [0.05, 0.1) is 49.6 Å². The zero-order chi connectivity index (χ0) is 21.4. The van der Waals surface area contributed by atoms with E-state index in [9.17, 15) is 0 Å². The van der Waals surface area contributed by atoms with Crippen LogP contribution < -0.4 is 10.2 Å². The molecule has 5 heterocycles. The fourth-order valence-electron chi connectivity index (χ4n) is 4.71. The molecule has 1 saturated heterocycles. The van der Waals surface area contributed by atoms with E-state index in [1.165, 1.54) is 11.1 Å². The molecule has 166 valence electrons. The number of hydrogen-bond acceptors (Lipinski definition) is 7. The Balaban J connectivity index is 1.52. The van der Waals surface area contributed by atoms with E-state index in [0.717, 1.165) is 81.1 Å². The summed E-state index contributed by atoms with van der Waals surface area (Å²) in [5, 5.41) is 4.49. The second kappa shape index (κ2) is 8.33. The van der Waals surface area contributed by atoms with E-state index in [0.29, 0.717) is 17.9 Å². The second-order valence-electron chi connectivity index (χ2n) is 9.21. The van der Waals surface area contributed by atoms with Crippen LogP contribution in [0.15, 0.2) is 10.7 Å². The molecule has 0 aromatic carbocycles. The first-order valence-corrected chi connectivity index (χ1v) is 11.4. The standard InChI is InChI=1S/C23H31N5O3/c1-4-5-17-16-13-30-23(2,3)12-15(16)18-19-20(31-22(18)27-17)21(26-14-25-19)24-6-7-28-8-10-29-11-9-28/h14H,4-13H2,1-3H3,(H,24,25,26)/p+1. The van der Waals surface area contributed by atoms with Gasteiger partial charge in [0.1, 0.15) is 24.9 Å². The Bertz CT molecular complexity index is 1090. The molecule has 2 aliphatic heterocycles. The fraction of sp³-hybridized carbons (Fsp3) is 0.609. The van der Waals surface area contributed by atoms with Crippen LogP contribution in [-0.2, 0) is 28.9 Å². The van der Waals surface area contributed by atoms with Gasteiger partial charge in [-0.1, -0.05) is 13.3 Å². The number of anilines is 1. The molecule has 0 radical (unpaired) electrons. The van der Waals surface area contributed by atoms with Gasteiger partial charge in [-0.05, 0) is 25.8 Å². The smallest absolute Gasteiger partial charge is 0.229 e. The van der Waals surface area contributed by atoms with Crippen LogP contribution in [0.4, 0.5) is 5.82 Å². The number of furan rings is 1. The van der Waals surface area contributed by atoms with Gasteiger partial charge in [0.15, 0.2) is 11.4 Å². The number of nitrogens with zero attached hydrogens (tertiary/aromatic N) is 3. The van der Waals surface area contributed by atoms with Crippen LogP contribution in [0, 0.1) is 0 Å². The van der Waals surface area contributed by atoms with Crippen LogP contribution in [0.3, 0.4) is 0 Å². The van der Waals surface area contributed by atoms with Crippen molar-refractivity contribution in [2.45, 2.75) is 52.2 Å². The van der Waals surface area contributed by atoms with E-state index in [-0.39, 0.29) is 5.60 Å². The van der Waals surface area contributed by atoms with Crippen molar-refractivity contribution in [1.29, 1.82) is 0 Å². The van der Waals surface area contributed by atoms with E-state index < -0.39 is 0 Å². The number of nitrogens with one attached hydrogen (secondary N) is 2. The Morgan fingerprint density at radius 2 is 2.00 bits per heavy atom. The number of ether oxygens (including phenoxy) is 2. The Hall–Kier alpha value is -2.29. The lowest BCUT2D eigenvalue weighted by Crippen LogP contribution is -3.14. The number of rotatable bonds is 6. The van der Waals surface area contributed by atoms with Crippen LogP contribution in [0.2, 0.25) is 0 Å². The summed E-state index contributed by atoms with van der Waals surface area (Å²) < 4.78 is 17.9. The van der Waals surface area contributed by atoms with Crippen molar-refractivity contribution < 1.29 is 18.8 Å². The molecule has 31 heavy (non-hydrogen) atoms. The van der Waals surface area contributed by atoms with Gasteiger partial charge in [-0.25, -0.2) is 15.0 Å². The molecule has 0 amide bonds. The fourth-order valence-corrected chi connectivity index (χ4v) is 4.71. The van der Waals surface area contributed by atoms with Gasteiger partial charge in [-0.3, -0.25) is 0 Å². The van der Waals surface area contributed by atoms with Crippen molar-refractivity contribution in [2.75, 3.05) is 44.7 Å². The quantitative estimate of drug-likeness (QED) is 0.623. The van der Waals surface area contributed by atoms with Crippen molar-refractivity contribution in [3.63, 3.8) is 0 Å². The molecule has 0 atom stereocenters. The number of quaternary nitrogens is 1. The molecular formula is C23H32N5O3+. The van der Waals surface area contributed by atoms with Crippen LogP contribution >= 0.6 is 0 Å². The van der Waals surface area contributed by atoms with E-state index in [4.69, 9.17) is 18.9 Å². The largest absolute Gasteiger partial charge is 0.432 e. The van der Waals surface area contributed by atoms with Crippen molar-refractivity contribution in [3.05, 3.63) is 23.1 Å². The minimum Gasteiger partial charge on any atom is -0.432 e. The third kappa shape index (κ3) is 4.00. The Labute approximate surface area is 182 Å². The number of aromatic nitrogens is 3. The van der Waals surface area contributed by atoms with Gasteiger partial charge in [0.2, 0.25) is 5.71 Å². The zero-order valence-corrected chi connectivity index (χ0v) is 18.7. The van der Waals surface area contributed by atoms with Gasteiger partial charge in [0.25, 0.3) is 0 Å². The highest BCUT2D eigenvalue weighted by Gasteiger charge is 2.32. The van der Waals surface area contributed by atoms with Gasteiger partial charge in [0, 0.05) is 12.0 Å². The van der Waals surface area contributed by atoms with E-state index >= 15 is 0 Å². The molecule has 2 N–H and O–H groups in total. The molecule has 0 spiro atoms. The highest BCUT2D eigenvalue weighted by atomic mass is 16.5. The summed E-state index contributed by atoms with van der Waals surface area (Å²) in [6.07, 6.45) is 4.39. The topological polar surface area (TPSA) is 86.7 Å². The molecule has 1 fully saturated rings. The monoisotopic (exact) mass is 426 g/mol. The van der Waals surface area contributed by atoms with Crippen LogP contribution in [0.1, 0.15) is 44.0 Å². The lowest BCUT2D eigenvalue weighted by molar-refractivity contribution is -0.906. The zero-order valence-electron chi connectivity index (χ0n) is 18.7. The highest BCUT2D eigenvalue weighted by Crippen LogP contribution is 2.39. The molecule has 3 aromatic rings. The maximum absolute atomic E-state index is 6.28. The average Bonchev–Trinajstić information content (AvgIpc) is 3.13. The van der Waals surface area contributed by atoms with Gasteiger partial charge >= 0.3 is 0 Å². The van der Waals surface area contributed by atoms with Gasteiger partial charge < -0.3 is 24.1 Å². The number of morpholine rings is 1. The maximum Gasteiger partial charge on any atom is 0.229 e. The first-order valence-electron chi connectivity index (χ1n) is 11.4. The first kappa shape index (κ1) is 20.6. The van der Waals surface area contributed by atoms with Crippen molar-refractivity contribution >= 4 is 28.0 Å². The lowest BCUT2D eigenvalue weighted by atomic mass is 9.88. The molecule has 2 aliphatic rings. The summed E-state index contributed by atoms with van der Waals surface area (Å²) in [5.74, 6) is 0.743. The summed E-state index contributed by atoms with van der Waals surface area (Å²) in [6, 6.07) is 0. The molecular weight excluding hydrogens is 394 g/mol. The Morgan fingerprint density at radius 3 is 2.81 bits per heavy atom. The van der Waals surface area contributed by atoms with E-state index in [1.54, 1.807) is 11.2 Å². The predicted molar refractivity (Wildman–Crippen MR) is 119 cm³/mol. The molecule has 0 unspecified atom stereocenters. The lowest BCUT2D eigenvalue weighted by Gasteiger charge is -2.33. The molecule has 0 bridgehead atoms. The molecule has 8 heteroatoms. The maximum atomic E-state index is 6.28. The van der Waals surface area contributed by atoms with Gasteiger partial charge in [-0.15, -0.1) is 0 Å². The molecule has 0 saturated carbocycles. The minimum absolute atomic E-state index is 0.219. The van der Waals surface area contributed by atoms with Crippen molar-refractivity contribution in [1.82, 2.24) is 15.0 Å². The molecule has 3 aromatic heterocycles. The third-order valence-corrected chi connectivity index (χ3v) is 6.37. The van der Waals surface area contributed by atoms with Crippen LogP contribution in [-0.4, -0.2) is 59.9 Å². The normalized spacial score (nSPS) is 19.1. The molecule has 0 aliphatic carbocycles. The molecule has 5 rings (SSSR count). The Morgan fingerprint density at radius 1 is 1.16 bits per heavy atom. The van der Waals surface area contributed by atoms with Crippen molar-refractivity contribution in [2.24, 2.45) is 0 Å². The van der Waals surface area contributed by atoms with E-state index in [2.05, 4.69) is 36.1 Å². The number of aryl methyl sites for hydroxylation is 1. The predicted octanol–water partition coefficient (Wildman–Crippen LogP) is 1.90. The SMILES string of the molecule is CCCc1nc2oc3c(NCC[NH+]4CCOCC4)ncnc3c2c2c1COC(C)(C)C2. The Kier molecular flexibility index (Phi) is 5.54. The minimum atomic E-state index is -0.219. The number of fused-ring (bicyclic) bond motifs is 5. The highest BCUT2D eigenvalue weighted by molar-refractivity contribution is 6.06. The van der Waals surface area contributed by atoms with E-state index in [1.807, 2.05) is 0 Å².